The van der Waals surface area contributed by atoms with Gasteiger partial charge in [0.05, 0.1) is 22.0 Å². The van der Waals surface area contributed by atoms with Crippen LogP contribution in [0.4, 0.5) is 5.69 Å². The molecule has 0 aromatic heterocycles. The van der Waals surface area contributed by atoms with Gasteiger partial charge in [-0.1, -0.05) is 11.6 Å². The Morgan fingerprint density at radius 2 is 1.78 bits per heavy atom. The highest BCUT2D eigenvalue weighted by atomic mass is 35.5. The second-order valence-electron chi connectivity index (χ2n) is 5.91. The molecule has 0 aliphatic rings. The number of hydrogen-bond donors (Lipinski definition) is 2. The van der Waals surface area contributed by atoms with Gasteiger partial charge in [-0.3, -0.25) is 10.2 Å². The number of hydrazone groups is 1. The van der Waals surface area contributed by atoms with Crippen LogP contribution in [0, 0.1) is 0 Å². The number of benzene rings is 2. The van der Waals surface area contributed by atoms with Crippen LogP contribution in [0.1, 0.15) is 22.8 Å². The lowest BCUT2D eigenvalue weighted by Crippen LogP contribution is -2.27. The number of likely N-dealkylation sites (N-methyl/N-ethyl adjacent to an activating group) is 1. The van der Waals surface area contributed by atoms with E-state index < -0.39 is 5.97 Å². The highest BCUT2D eigenvalue weighted by Crippen LogP contribution is 2.23. The van der Waals surface area contributed by atoms with Gasteiger partial charge in [0.1, 0.15) is 5.75 Å². The van der Waals surface area contributed by atoms with Crippen LogP contribution in [0.5, 0.6) is 5.75 Å². The van der Waals surface area contributed by atoms with Crippen molar-refractivity contribution in [3.05, 3.63) is 58.6 Å². The van der Waals surface area contributed by atoms with Gasteiger partial charge in [-0.2, -0.15) is 5.10 Å². The maximum absolute atomic E-state index is 11.5. The second-order valence-corrected chi connectivity index (χ2v) is 6.32. The van der Waals surface area contributed by atoms with Gasteiger partial charge in [0, 0.05) is 14.1 Å². The molecule has 7 nitrogen and oxygen atoms in total. The Morgan fingerprint density at radius 3 is 2.37 bits per heavy atom. The fraction of sp³-hybridized carbons (Fsp3) is 0.211. The molecule has 2 rings (SSSR count). The minimum Gasteiger partial charge on any atom is -0.484 e. The molecular formula is C19H20ClN3O4. The highest BCUT2D eigenvalue weighted by Gasteiger charge is 2.08. The predicted octanol–water partition coefficient (Wildman–Crippen LogP) is 3.34. The molecule has 0 saturated heterocycles. The van der Waals surface area contributed by atoms with Crippen LogP contribution >= 0.6 is 11.6 Å². The lowest BCUT2D eigenvalue weighted by Gasteiger charge is -2.11. The average Bonchev–Trinajstić information content (AvgIpc) is 2.65. The number of carboxylic acid groups (broad SMARTS) is 1. The molecule has 0 atom stereocenters. The first-order valence-corrected chi connectivity index (χ1v) is 8.42. The molecular weight excluding hydrogens is 370 g/mol. The molecule has 0 aliphatic carbocycles. The summed E-state index contributed by atoms with van der Waals surface area (Å²) in [4.78, 5) is 24.0. The number of nitrogens with one attached hydrogen (secondary N) is 1. The van der Waals surface area contributed by atoms with Crippen LogP contribution in [0.15, 0.2) is 47.6 Å². The standard InChI is InChI=1S/C19H20ClN3O4/c1-12(21-22-17-10-14(19(25)26)6-9-16(17)20)13-4-7-15(8-5-13)27-11-18(24)23(2)3/h4-10,22H,11H2,1-3H3,(H,25,26)/b21-12-. The third-order valence-corrected chi connectivity index (χ3v) is 4.02. The Kier molecular flexibility index (Phi) is 6.79. The smallest absolute Gasteiger partial charge is 0.335 e. The van der Waals surface area contributed by atoms with Crippen molar-refractivity contribution in [2.75, 3.05) is 26.1 Å². The zero-order valence-electron chi connectivity index (χ0n) is 15.2. The zero-order valence-corrected chi connectivity index (χ0v) is 15.9. The van der Waals surface area contributed by atoms with E-state index in [1.807, 2.05) is 12.1 Å². The number of nitrogens with zero attached hydrogens (tertiary/aromatic N) is 2. The van der Waals surface area contributed by atoms with E-state index in [2.05, 4.69) is 10.5 Å². The molecule has 27 heavy (non-hydrogen) atoms. The van der Waals surface area contributed by atoms with Crippen molar-refractivity contribution in [3.8, 4) is 5.75 Å². The summed E-state index contributed by atoms with van der Waals surface area (Å²) >= 11 is 6.06. The van der Waals surface area contributed by atoms with Crippen molar-refractivity contribution in [2.45, 2.75) is 6.92 Å². The van der Waals surface area contributed by atoms with Gasteiger partial charge < -0.3 is 14.7 Å². The number of aromatic carboxylic acids is 1. The molecule has 0 bridgehead atoms. The molecule has 2 aromatic rings. The first kappa shape index (κ1) is 20.3. The number of hydrogen-bond acceptors (Lipinski definition) is 5. The molecule has 0 radical (unpaired) electrons. The molecule has 0 saturated carbocycles. The summed E-state index contributed by atoms with van der Waals surface area (Å²) in [5, 5.41) is 13.7. The van der Waals surface area contributed by atoms with Crippen molar-refractivity contribution in [2.24, 2.45) is 5.10 Å². The summed E-state index contributed by atoms with van der Waals surface area (Å²) in [6, 6.07) is 11.5. The van der Waals surface area contributed by atoms with Crippen molar-refractivity contribution in [1.29, 1.82) is 0 Å². The number of carbonyl (C=O) groups is 2. The highest BCUT2D eigenvalue weighted by molar-refractivity contribution is 6.33. The zero-order chi connectivity index (χ0) is 20.0. The van der Waals surface area contributed by atoms with E-state index in [4.69, 9.17) is 21.4 Å². The Morgan fingerprint density at radius 1 is 1.15 bits per heavy atom. The third-order valence-electron chi connectivity index (χ3n) is 3.69. The molecule has 2 aromatic carbocycles. The van der Waals surface area contributed by atoms with Crippen LogP contribution in [-0.4, -0.2) is 48.3 Å². The Labute approximate surface area is 162 Å². The van der Waals surface area contributed by atoms with Crippen LogP contribution < -0.4 is 10.2 Å². The normalized spacial score (nSPS) is 11.0. The lowest BCUT2D eigenvalue weighted by atomic mass is 10.1. The van der Waals surface area contributed by atoms with Gasteiger partial charge in [0.2, 0.25) is 0 Å². The first-order chi connectivity index (χ1) is 12.8. The van der Waals surface area contributed by atoms with E-state index in [1.54, 1.807) is 33.2 Å². The second kappa shape index (κ2) is 9.05. The molecule has 1 amide bonds. The van der Waals surface area contributed by atoms with E-state index in [1.165, 1.54) is 23.1 Å². The Hall–Kier alpha value is -3.06. The maximum Gasteiger partial charge on any atom is 0.335 e. The van der Waals surface area contributed by atoms with Crippen LogP contribution in [0.25, 0.3) is 0 Å². The van der Waals surface area contributed by atoms with E-state index >= 15 is 0 Å². The number of anilines is 1. The summed E-state index contributed by atoms with van der Waals surface area (Å²) < 4.78 is 5.42. The summed E-state index contributed by atoms with van der Waals surface area (Å²) in [7, 11) is 3.33. The fourth-order valence-corrected chi connectivity index (χ4v) is 2.18. The van der Waals surface area contributed by atoms with E-state index in [-0.39, 0.29) is 18.1 Å². The number of carboxylic acids is 1. The summed E-state index contributed by atoms with van der Waals surface area (Å²) in [5.41, 5.74) is 4.80. The number of amides is 1. The molecule has 2 N–H and O–H groups in total. The van der Waals surface area contributed by atoms with Gasteiger partial charge in [-0.15, -0.1) is 0 Å². The molecule has 0 unspecified atom stereocenters. The van der Waals surface area contributed by atoms with Crippen LogP contribution in [0.3, 0.4) is 0 Å². The van der Waals surface area contributed by atoms with Crippen LogP contribution in [-0.2, 0) is 4.79 Å². The molecule has 0 spiro atoms. The average molecular weight is 390 g/mol. The van der Waals surface area contributed by atoms with E-state index in [0.717, 1.165) is 5.56 Å². The van der Waals surface area contributed by atoms with Gasteiger partial charge >= 0.3 is 5.97 Å². The first-order valence-electron chi connectivity index (χ1n) is 8.04. The SMILES string of the molecule is C/C(=N/Nc1cc(C(=O)O)ccc1Cl)c1ccc(OCC(=O)N(C)C)cc1. The predicted molar refractivity (Wildman–Crippen MR) is 105 cm³/mol. The Balaban J connectivity index is 2.05. The largest absolute Gasteiger partial charge is 0.484 e. The van der Waals surface area contributed by atoms with Gasteiger partial charge in [-0.05, 0) is 55.0 Å². The monoisotopic (exact) mass is 389 g/mol. The molecule has 0 fully saturated rings. The van der Waals surface area contributed by atoms with Crippen LogP contribution in [0.2, 0.25) is 5.02 Å². The van der Waals surface area contributed by atoms with Gasteiger partial charge in [0.15, 0.2) is 6.61 Å². The number of halogens is 1. The maximum atomic E-state index is 11.5. The summed E-state index contributed by atoms with van der Waals surface area (Å²) in [6.07, 6.45) is 0. The van der Waals surface area contributed by atoms with Crippen molar-refractivity contribution in [1.82, 2.24) is 4.90 Å². The molecule has 0 aliphatic heterocycles. The van der Waals surface area contributed by atoms with Gasteiger partial charge in [0.25, 0.3) is 5.91 Å². The van der Waals surface area contributed by atoms with Crippen molar-refractivity contribution in [3.63, 3.8) is 0 Å². The molecule has 142 valence electrons. The third kappa shape index (κ3) is 5.72. The summed E-state index contributed by atoms with van der Waals surface area (Å²) in [6.45, 7) is 1.77. The summed E-state index contributed by atoms with van der Waals surface area (Å²) in [5.74, 6) is -0.591. The molecule has 8 heteroatoms. The van der Waals surface area contributed by atoms with Crippen molar-refractivity contribution < 1.29 is 19.4 Å². The quantitative estimate of drug-likeness (QED) is 0.559. The number of ether oxygens (including phenoxy) is 1. The molecule has 0 heterocycles. The topological polar surface area (TPSA) is 91.2 Å². The van der Waals surface area contributed by atoms with Crippen molar-refractivity contribution >= 4 is 34.9 Å². The number of rotatable bonds is 7. The minimum atomic E-state index is -1.04. The van der Waals surface area contributed by atoms with Gasteiger partial charge in [-0.25, -0.2) is 4.79 Å². The Bertz CT molecular complexity index is 864. The number of carbonyl (C=O) groups excluding carboxylic acids is 1. The minimum absolute atomic E-state index is 0.0284. The van der Waals surface area contributed by atoms with E-state index in [9.17, 15) is 9.59 Å². The lowest BCUT2D eigenvalue weighted by molar-refractivity contribution is -0.130. The van der Waals surface area contributed by atoms with E-state index in [0.29, 0.717) is 22.2 Å². The fourth-order valence-electron chi connectivity index (χ4n) is 2.02.